The molecule has 2 bridgehead atoms. The number of hydrogen-bond acceptors (Lipinski definition) is 2. The highest BCUT2D eigenvalue weighted by molar-refractivity contribution is 6.33. The lowest BCUT2D eigenvalue weighted by Crippen LogP contribution is -2.43. The fourth-order valence-corrected chi connectivity index (χ4v) is 4.54. The van der Waals surface area contributed by atoms with E-state index in [0.717, 1.165) is 27.7 Å². The molecule has 2 fully saturated rings. The van der Waals surface area contributed by atoms with Crippen LogP contribution in [0, 0.1) is 5.92 Å². The minimum Gasteiger partial charge on any atom is -0.313 e. The smallest absolute Gasteiger partial charge is 0.0454 e. The Morgan fingerprint density at radius 3 is 2.45 bits per heavy atom. The van der Waals surface area contributed by atoms with Gasteiger partial charge in [-0.1, -0.05) is 23.2 Å². The van der Waals surface area contributed by atoms with Crippen molar-refractivity contribution in [1.29, 1.82) is 0 Å². The predicted octanol–water partition coefficient (Wildman–Crippen LogP) is 4.13. The van der Waals surface area contributed by atoms with E-state index in [9.17, 15) is 0 Å². The monoisotopic (exact) mass is 312 g/mol. The molecule has 2 saturated heterocycles. The predicted molar refractivity (Wildman–Crippen MR) is 85.6 cm³/mol. The van der Waals surface area contributed by atoms with E-state index in [4.69, 9.17) is 23.2 Å². The Labute approximate surface area is 131 Å². The summed E-state index contributed by atoms with van der Waals surface area (Å²) in [4.78, 5) is 2.57. The molecule has 2 aliphatic heterocycles. The molecule has 0 saturated carbocycles. The zero-order chi connectivity index (χ0) is 14.3. The molecule has 110 valence electrons. The maximum atomic E-state index is 6.40. The Kier molecular flexibility index (Phi) is 4.28. The zero-order valence-electron chi connectivity index (χ0n) is 12.1. The number of benzene rings is 1. The molecule has 3 unspecified atom stereocenters. The van der Waals surface area contributed by atoms with Gasteiger partial charge in [-0.05, 0) is 69.5 Å². The molecular formula is C16H22Cl2N2. The second-order valence-corrected chi connectivity index (χ2v) is 7.06. The van der Waals surface area contributed by atoms with Crippen LogP contribution in [0.4, 0.5) is 0 Å². The first-order chi connectivity index (χ1) is 9.60. The van der Waals surface area contributed by atoms with E-state index in [1.807, 2.05) is 25.2 Å². The van der Waals surface area contributed by atoms with Gasteiger partial charge in [0.2, 0.25) is 0 Å². The Balaban J connectivity index is 1.85. The molecule has 3 atom stereocenters. The number of nitrogens with one attached hydrogen (secondary N) is 1. The minimum atomic E-state index is 0.304. The average Bonchev–Trinajstić information content (AvgIpc) is 2.66. The SMILES string of the molecule is CNC(c1cc(Cl)ccc1Cl)C1CC2CCC(C1)N2C. The van der Waals surface area contributed by atoms with Gasteiger partial charge in [0.05, 0.1) is 0 Å². The standard InChI is InChI=1S/C16H22Cl2N2/c1-19-16(14-9-11(17)3-6-15(14)18)10-7-12-4-5-13(8-10)20(12)2/h3,6,9-10,12-13,16,19H,4-5,7-8H2,1-2H3. The van der Waals surface area contributed by atoms with Crippen LogP contribution in [-0.2, 0) is 0 Å². The Morgan fingerprint density at radius 1 is 1.20 bits per heavy atom. The molecule has 1 N–H and O–H groups in total. The molecule has 2 aliphatic rings. The van der Waals surface area contributed by atoms with Gasteiger partial charge < -0.3 is 10.2 Å². The van der Waals surface area contributed by atoms with E-state index < -0.39 is 0 Å². The van der Waals surface area contributed by atoms with Gasteiger partial charge in [-0.15, -0.1) is 0 Å². The van der Waals surface area contributed by atoms with Crippen LogP contribution in [-0.4, -0.2) is 31.1 Å². The van der Waals surface area contributed by atoms with Crippen LogP contribution in [0.3, 0.4) is 0 Å². The highest BCUT2D eigenvalue weighted by Crippen LogP contribution is 2.43. The molecule has 0 aliphatic carbocycles. The Morgan fingerprint density at radius 2 is 1.85 bits per heavy atom. The van der Waals surface area contributed by atoms with E-state index in [0.29, 0.717) is 12.0 Å². The quantitative estimate of drug-likeness (QED) is 0.903. The average molecular weight is 313 g/mol. The summed E-state index contributed by atoms with van der Waals surface area (Å²) in [6, 6.07) is 7.58. The summed E-state index contributed by atoms with van der Waals surface area (Å²) >= 11 is 12.6. The Hall–Kier alpha value is -0.280. The number of hydrogen-bond donors (Lipinski definition) is 1. The summed E-state index contributed by atoms with van der Waals surface area (Å²) in [7, 11) is 4.31. The largest absolute Gasteiger partial charge is 0.313 e. The number of halogens is 2. The molecule has 0 radical (unpaired) electrons. The van der Waals surface area contributed by atoms with Crippen molar-refractivity contribution >= 4 is 23.2 Å². The molecule has 2 heterocycles. The van der Waals surface area contributed by atoms with Crippen molar-refractivity contribution in [3.05, 3.63) is 33.8 Å². The van der Waals surface area contributed by atoms with Crippen LogP contribution < -0.4 is 5.32 Å². The van der Waals surface area contributed by atoms with Gasteiger partial charge in [-0.2, -0.15) is 0 Å². The second kappa shape index (κ2) is 5.84. The summed E-state index contributed by atoms with van der Waals surface area (Å²) in [6.07, 6.45) is 5.19. The van der Waals surface area contributed by atoms with E-state index in [1.54, 1.807) is 0 Å². The molecule has 20 heavy (non-hydrogen) atoms. The van der Waals surface area contributed by atoms with Crippen LogP contribution in [0.15, 0.2) is 18.2 Å². The molecule has 0 amide bonds. The van der Waals surface area contributed by atoms with Gasteiger partial charge in [-0.25, -0.2) is 0 Å². The minimum absolute atomic E-state index is 0.304. The van der Waals surface area contributed by atoms with Gasteiger partial charge in [0.1, 0.15) is 0 Å². The second-order valence-electron chi connectivity index (χ2n) is 6.21. The van der Waals surface area contributed by atoms with Crippen LogP contribution in [0.5, 0.6) is 0 Å². The summed E-state index contributed by atoms with van der Waals surface area (Å²) in [5, 5.41) is 5.06. The molecule has 4 heteroatoms. The van der Waals surface area contributed by atoms with Gasteiger partial charge in [0.15, 0.2) is 0 Å². The first-order valence-corrected chi connectivity index (χ1v) is 8.20. The van der Waals surface area contributed by atoms with Crippen molar-refractivity contribution in [1.82, 2.24) is 10.2 Å². The van der Waals surface area contributed by atoms with Crippen molar-refractivity contribution < 1.29 is 0 Å². The van der Waals surface area contributed by atoms with Crippen LogP contribution >= 0.6 is 23.2 Å². The van der Waals surface area contributed by atoms with Gasteiger partial charge in [-0.3, -0.25) is 0 Å². The zero-order valence-corrected chi connectivity index (χ0v) is 13.6. The number of piperidine rings is 1. The van der Waals surface area contributed by atoms with E-state index in [1.165, 1.54) is 25.7 Å². The highest BCUT2D eigenvalue weighted by atomic mass is 35.5. The molecular weight excluding hydrogens is 291 g/mol. The number of fused-ring (bicyclic) bond motifs is 2. The topological polar surface area (TPSA) is 15.3 Å². The summed E-state index contributed by atoms with van der Waals surface area (Å²) < 4.78 is 0. The lowest BCUT2D eigenvalue weighted by atomic mass is 9.82. The van der Waals surface area contributed by atoms with Crippen molar-refractivity contribution in [2.45, 2.75) is 43.8 Å². The molecule has 1 aromatic rings. The summed E-state index contributed by atoms with van der Waals surface area (Å²) in [5.41, 5.74) is 1.15. The van der Waals surface area contributed by atoms with Gasteiger partial charge >= 0.3 is 0 Å². The maximum absolute atomic E-state index is 6.40. The highest BCUT2D eigenvalue weighted by Gasteiger charge is 2.41. The summed E-state index contributed by atoms with van der Waals surface area (Å²) in [6.45, 7) is 0. The third-order valence-corrected chi connectivity index (χ3v) is 5.79. The molecule has 1 aromatic carbocycles. The van der Waals surface area contributed by atoms with Gasteiger partial charge in [0, 0.05) is 28.2 Å². The van der Waals surface area contributed by atoms with E-state index >= 15 is 0 Å². The van der Waals surface area contributed by atoms with Crippen molar-refractivity contribution in [3.63, 3.8) is 0 Å². The van der Waals surface area contributed by atoms with Crippen LogP contribution in [0.1, 0.15) is 37.3 Å². The third kappa shape index (κ3) is 2.59. The lowest BCUT2D eigenvalue weighted by molar-refractivity contribution is 0.114. The third-order valence-electron chi connectivity index (χ3n) is 5.21. The van der Waals surface area contributed by atoms with Crippen molar-refractivity contribution in [3.8, 4) is 0 Å². The Bertz CT molecular complexity index is 477. The van der Waals surface area contributed by atoms with Gasteiger partial charge in [0.25, 0.3) is 0 Å². The maximum Gasteiger partial charge on any atom is 0.0454 e. The molecule has 2 nitrogen and oxygen atoms in total. The normalized spacial score (nSPS) is 31.5. The lowest BCUT2D eigenvalue weighted by Gasteiger charge is -2.40. The number of rotatable bonds is 3. The van der Waals surface area contributed by atoms with Crippen LogP contribution in [0.2, 0.25) is 10.0 Å². The fraction of sp³-hybridized carbons (Fsp3) is 0.625. The van der Waals surface area contributed by atoms with Crippen LogP contribution in [0.25, 0.3) is 0 Å². The first kappa shape index (κ1) is 14.6. The molecule has 0 spiro atoms. The summed E-state index contributed by atoms with van der Waals surface area (Å²) in [5.74, 6) is 0.643. The van der Waals surface area contributed by atoms with Crippen molar-refractivity contribution in [2.24, 2.45) is 5.92 Å². The molecule has 3 rings (SSSR count). The molecule has 0 aromatic heterocycles. The number of nitrogens with zero attached hydrogens (tertiary/aromatic N) is 1. The van der Waals surface area contributed by atoms with E-state index in [2.05, 4.69) is 17.3 Å². The van der Waals surface area contributed by atoms with E-state index in [-0.39, 0.29) is 0 Å². The van der Waals surface area contributed by atoms with Crippen molar-refractivity contribution in [2.75, 3.05) is 14.1 Å². The first-order valence-electron chi connectivity index (χ1n) is 7.44. The fourth-order valence-electron chi connectivity index (χ4n) is 4.12.